The monoisotopic (exact) mass is 225 g/mol. The summed E-state index contributed by atoms with van der Waals surface area (Å²) in [5.74, 6) is 0. The van der Waals surface area contributed by atoms with Crippen molar-refractivity contribution in [1.82, 2.24) is 0 Å². The van der Waals surface area contributed by atoms with Crippen molar-refractivity contribution in [1.29, 1.82) is 0 Å². The van der Waals surface area contributed by atoms with Crippen LogP contribution in [0.25, 0.3) is 0 Å². The van der Waals surface area contributed by atoms with Crippen LogP contribution in [-0.2, 0) is 16.0 Å². The Hall–Kier alpha value is -2.09. The van der Waals surface area contributed by atoms with Crippen LogP contribution in [0, 0.1) is 0 Å². The van der Waals surface area contributed by atoms with Crippen LogP contribution < -0.4 is 0 Å². The highest BCUT2D eigenvalue weighted by Gasteiger charge is 2.12. The molecule has 0 aliphatic carbocycles. The van der Waals surface area contributed by atoms with Gasteiger partial charge in [0, 0.05) is 6.42 Å². The molecule has 2 rings (SSSR count). The van der Waals surface area contributed by atoms with Gasteiger partial charge in [-0.1, -0.05) is 60.7 Å². The van der Waals surface area contributed by atoms with Gasteiger partial charge in [0.15, 0.2) is 0 Å². The molecule has 0 aromatic heterocycles. The number of hydrogen-bond acceptors (Lipinski definition) is 2. The molecule has 0 saturated carbocycles. The average molecular weight is 225 g/mol. The largest absolute Gasteiger partial charge is 0.449 e. The average Bonchev–Trinajstić information content (AvgIpc) is 2.40. The zero-order valence-corrected chi connectivity index (χ0v) is 9.37. The van der Waals surface area contributed by atoms with Crippen LogP contribution in [0.4, 0.5) is 0 Å². The molecule has 2 nitrogen and oxygen atoms in total. The van der Waals surface area contributed by atoms with E-state index in [4.69, 9.17) is 4.74 Å². The van der Waals surface area contributed by atoms with Crippen molar-refractivity contribution in [3.8, 4) is 0 Å². The van der Waals surface area contributed by atoms with E-state index >= 15 is 0 Å². The summed E-state index contributed by atoms with van der Waals surface area (Å²) in [4.78, 5) is 10.4. The molecule has 0 saturated heterocycles. The van der Waals surface area contributed by atoms with Gasteiger partial charge in [0.25, 0.3) is 0 Å². The fourth-order valence-corrected chi connectivity index (χ4v) is 1.78. The summed E-state index contributed by atoms with van der Waals surface area (Å²) in [6, 6.07) is 19.7. The molecular formula is C15H13O2. The van der Waals surface area contributed by atoms with Crippen LogP contribution in [0.15, 0.2) is 60.7 Å². The summed E-state index contributed by atoms with van der Waals surface area (Å²) in [5.41, 5.74) is 2.12. The number of ether oxygens (including phenoxy) is 1. The summed E-state index contributed by atoms with van der Waals surface area (Å²) >= 11 is 0. The van der Waals surface area contributed by atoms with Gasteiger partial charge in [0.05, 0.1) is 0 Å². The van der Waals surface area contributed by atoms with E-state index in [1.54, 1.807) is 0 Å². The molecule has 0 heterocycles. The molecule has 0 N–H and O–H groups in total. The molecule has 0 spiro atoms. The smallest absolute Gasteiger partial charge is 0.418 e. The summed E-state index contributed by atoms with van der Waals surface area (Å²) in [6.07, 6.45) is 0.399. The van der Waals surface area contributed by atoms with E-state index in [-0.39, 0.29) is 6.10 Å². The molecule has 2 aromatic rings. The lowest BCUT2D eigenvalue weighted by atomic mass is 10.0. The Morgan fingerprint density at radius 3 is 2.12 bits per heavy atom. The van der Waals surface area contributed by atoms with Gasteiger partial charge in [-0.25, -0.2) is 4.79 Å². The molecule has 1 atom stereocenters. The van der Waals surface area contributed by atoms with Crippen molar-refractivity contribution in [2.75, 3.05) is 0 Å². The van der Waals surface area contributed by atoms with Crippen molar-refractivity contribution in [2.24, 2.45) is 0 Å². The van der Waals surface area contributed by atoms with Crippen LogP contribution in [0.5, 0.6) is 0 Å². The van der Waals surface area contributed by atoms with Crippen LogP contribution >= 0.6 is 0 Å². The van der Waals surface area contributed by atoms with E-state index in [1.807, 2.05) is 60.7 Å². The minimum Gasteiger partial charge on any atom is -0.449 e. The summed E-state index contributed by atoms with van der Waals surface area (Å²) < 4.78 is 5.03. The molecule has 1 unspecified atom stereocenters. The summed E-state index contributed by atoms with van der Waals surface area (Å²) in [6.45, 7) is 1.54. The Morgan fingerprint density at radius 2 is 1.53 bits per heavy atom. The van der Waals surface area contributed by atoms with E-state index in [0.717, 1.165) is 11.1 Å². The van der Waals surface area contributed by atoms with Gasteiger partial charge in [0.2, 0.25) is 0 Å². The van der Waals surface area contributed by atoms with Gasteiger partial charge >= 0.3 is 6.47 Å². The second kappa shape index (κ2) is 5.85. The van der Waals surface area contributed by atoms with Gasteiger partial charge in [-0.15, -0.1) is 0 Å². The minimum absolute atomic E-state index is 0.268. The first-order valence-corrected chi connectivity index (χ1v) is 5.52. The molecule has 0 fully saturated rings. The van der Waals surface area contributed by atoms with Crippen LogP contribution in [0.2, 0.25) is 0 Å². The maximum Gasteiger partial charge on any atom is 0.418 e. The lowest BCUT2D eigenvalue weighted by Crippen LogP contribution is -2.06. The Bertz CT molecular complexity index is 451. The highest BCUT2D eigenvalue weighted by molar-refractivity contribution is 5.40. The number of hydrogen-bond donors (Lipinski definition) is 0. The van der Waals surface area contributed by atoms with Crippen LogP contribution in [-0.4, -0.2) is 6.47 Å². The van der Waals surface area contributed by atoms with Gasteiger partial charge in [0.1, 0.15) is 6.10 Å². The Morgan fingerprint density at radius 1 is 0.941 bits per heavy atom. The predicted molar refractivity (Wildman–Crippen MR) is 66.1 cm³/mol. The molecule has 0 aliphatic rings. The fraction of sp³-hybridized carbons (Fsp3) is 0.133. The maximum atomic E-state index is 10.4. The fourth-order valence-electron chi connectivity index (χ4n) is 1.78. The highest BCUT2D eigenvalue weighted by Crippen LogP contribution is 2.21. The molecule has 0 bridgehead atoms. The molecule has 0 aliphatic heterocycles. The molecular weight excluding hydrogens is 212 g/mol. The molecule has 2 aromatic carbocycles. The van der Waals surface area contributed by atoms with Gasteiger partial charge in [-0.3, -0.25) is 0 Å². The van der Waals surface area contributed by atoms with Crippen molar-refractivity contribution >= 4 is 6.47 Å². The van der Waals surface area contributed by atoms with E-state index in [9.17, 15) is 4.79 Å². The molecule has 0 amide bonds. The van der Waals surface area contributed by atoms with Crippen molar-refractivity contribution in [2.45, 2.75) is 12.5 Å². The number of carbonyl (C=O) groups excluding carboxylic acids is 1. The van der Waals surface area contributed by atoms with E-state index in [0.29, 0.717) is 6.42 Å². The number of rotatable bonds is 5. The van der Waals surface area contributed by atoms with E-state index in [2.05, 4.69) is 0 Å². The second-order valence-corrected chi connectivity index (χ2v) is 3.79. The number of benzene rings is 2. The Balaban J connectivity index is 2.16. The third-order valence-electron chi connectivity index (χ3n) is 2.63. The first-order valence-electron chi connectivity index (χ1n) is 5.52. The molecule has 1 radical (unpaired) electrons. The minimum atomic E-state index is -0.268. The van der Waals surface area contributed by atoms with Gasteiger partial charge < -0.3 is 4.74 Å². The SMILES string of the molecule is O=[C]OC(Cc1ccccc1)c1ccccc1. The lowest BCUT2D eigenvalue weighted by molar-refractivity contribution is 0.179. The topological polar surface area (TPSA) is 26.3 Å². The molecule has 2 heteroatoms. The summed E-state index contributed by atoms with van der Waals surface area (Å²) in [7, 11) is 0. The van der Waals surface area contributed by atoms with Crippen molar-refractivity contribution in [3.63, 3.8) is 0 Å². The Labute approximate surface area is 101 Å². The van der Waals surface area contributed by atoms with Crippen LogP contribution in [0.3, 0.4) is 0 Å². The van der Waals surface area contributed by atoms with Gasteiger partial charge in [-0.05, 0) is 11.1 Å². The van der Waals surface area contributed by atoms with Crippen molar-refractivity contribution < 1.29 is 9.53 Å². The zero-order chi connectivity index (χ0) is 11.9. The standard InChI is InChI=1S/C15H13O2/c16-12-17-15(14-9-5-2-6-10-14)11-13-7-3-1-4-8-13/h1-10,15H,11H2. The second-order valence-electron chi connectivity index (χ2n) is 3.79. The molecule has 85 valence electrons. The third kappa shape index (κ3) is 3.18. The summed E-state index contributed by atoms with van der Waals surface area (Å²) in [5, 5.41) is 0. The first-order chi connectivity index (χ1) is 8.40. The van der Waals surface area contributed by atoms with Crippen LogP contribution in [0.1, 0.15) is 17.2 Å². The van der Waals surface area contributed by atoms with Crippen molar-refractivity contribution in [3.05, 3.63) is 71.8 Å². The maximum absolute atomic E-state index is 10.4. The van der Waals surface area contributed by atoms with E-state index < -0.39 is 0 Å². The first kappa shape index (κ1) is 11.4. The molecule has 17 heavy (non-hydrogen) atoms. The van der Waals surface area contributed by atoms with E-state index in [1.165, 1.54) is 6.47 Å². The normalized spacial score (nSPS) is 11.8. The van der Waals surface area contributed by atoms with Gasteiger partial charge in [-0.2, -0.15) is 0 Å². The quantitative estimate of drug-likeness (QED) is 0.781. The third-order valence-corrected chi connectivity index (χ3v) is 2.63. The zero-order valence-electron chi connectivity index (χ0n) is 9.37. The highest BCUT2D eigenvalue weighted by atomic mass is 16.5. The Kier molecular flexibility index (Phi) is 3.92. The predicted octanol–water partition coefficient (Wildman–Crippen LogP) is 3.05. The lowest BCUT2D eigenvalue weighted by Gasteiger charge is -2.14.